The van der Waals surface area contributed by atoms with Crippen LogP contribution >= 0.6 is 0 Å². The summed E-state index contributed by atoms with van der Waals surface area (Å²) in [6.45, 7) is 0. The van der Waals surface area contributed by atoms with Crippen molar-refractivity contribution in [1.82, 2.24) is 4.98 Å². The molecule has 0 bridgehead atoms. The minimum atomic E-state index is -5.02. The second kappa shape index (κ2) is 6.08. The van der Waals surface area contributed by atoms with Crippen LogP contribution in [0.1, 0.15) is 16.7 Å². The molecule has 0 saturated carbocycles. The lowest BCUT2D eigenvalue weighted by Gasteiger charge is -2.13. The number of hydrogen-bond donors (Lipinski definition) is 2. The van der Waals surface area contributed by atoms with Gasteiger partial charge in [-0.25, -0.2) is 0 Å². The van der Waals surface area contributed by atoms with E-state index in [1.807, 2.05) is 0 Å². The van der Waals surface area contributed by atoms with Crippen LogP contribution in [-0.2, 0) is 12.4 Å². The van der Waals surface area contributed by atoms with Gasteiger partial charge in [0.1, 0.15) is 0 Å². The van der Waals surface area contributed by atoms with Crippen LogP contribution < -0.4 is 0 Å². The summed E-state index contributed by atoms with van der Waals surface area (Å²) >= 11 is 0. The van der Waals surface area contributed by atoms with E-state index in [0.717, 1.165) is 6.21 Å². The normalized spacial score (nSPS) is 13.0. The fourth-order valence-electron chi connectivity index (χ4n) is 2.47. The summed E-state index contributed by atoms with van der Waals surface area (Å²) in [5.41, 5.74) is -2.94. The van der Waals surface area contributed by atoms with E-state index in [2.05, 4.69) is 9.98 Å². The highest BCUT2D eigenvalue weighted by Crippen LogP contribution is 2.40. The zero-order valence-electron chi connectivity index (χ0n) is 12.8. The molecule has 0 unspecified atom stereocenters. The van der Waals surface area contributed by atoms with Crippen LogP contribution in [0.5, 0.6) is 5.88 Å². The fourth-order valence-corrected chi connectivity index (χ4v) is 2.47. The van der Waals surface area contributed by atoms with Crippen molar-refractivity contribution in [2.45, 2.75) is 12.4 Å². The second-order valence-electron chi connectivity index (χ2n) is 5.42. The molecule has 136 valence electrons. The summed E-state index contributed by atoms with van der Waals surface area (Å²) in [5, 5.41) is 10.4. The van der Waals surface area contributed by atoms with Gasteiger partial charge in [0.05, 0.1) is 22.4 Å². The third-order valence-electron chi connectivity index (χ3n) is 3.69. The van der Waals surface area contributed by atoms with E-state index in [0.29, 0.717) is 23.0 Å². The number of rotatable bonds is 2. The van der Waals surface area contributed by atoms with Crippen molar-refractivity contribution >= 4 is 22.8 Å². The Morgan fingerprint density at radius 2 is 1.62 bits per heavy atom. The number of hydrogen-bond acceptors (Lipinski definition) is 2. The van der Waals surface area contributed by atoms with Gasteiger partial charge in [-0.05, 0) is 24.3 Å². The van der Waals surface area contributed by atoms with Gasteiger partial charge in [0.25, 0.3) is 0 Å². The van der Waals surface area contributed by atoms with Crippen LogP contribution in [0.25, 0.3) is 10.9 Å². The highest BCUT2D eigenvalue weighted by molar-refractivity contribution is 6.02. The monoisotopic (exact) mass is 372 g/mol. The zero-order chi connectivity index (χ0) is 19.1. The fraction of sp³-hybridized carbons (Fsp3) is 0.118. The molecule has 3 rings (SSSR count). The molecule has 2 aromatic carbocycles. The molecular weight excluding hydrogens is 362 g/mol. The lowest BCUT2D eigenvalue weighted by molar-refractivity contribution is -0.142. The average Bonchev–Trinajstić information content (AvgIpc) is 2.86. The summed E-state index contributed by atoms with van der Waals surface area (Å²) in [7, 11) is 0. The number of alkyl halides is 6. The first-order chi connectivity index (χ1) is 12.1. The van der Waals surface area contributed by atoms with Crippen LogP contribution in [-0.4, -0.2) is 16.3 Å². The highest BCUT2D eigenvalue weighted by atomic mass is 19.4. The van der Waals surface area contributed by atoms with Gasteiger partial charge in [-0.2, -0.15) is 26.3 Å². The summed E-state index contributed by atoms with van der Waals surface area (Å²) < 4.78 is 77.4. The molecule has 0 aliphatic heterocycles. The Morgan fingerprint density at radius 3 is 2.27 bits per heavy atom. The quantitative estimate of drug-likeness (QED) is 0.442. The molecule has 0 amide bonds. The zero-order valence-corrected chi connectivity index (χ0v) is 12.8. The Morgan fingerprint density at radius 1 is 0.923 bits per heavy atom. The number of aromatic amines is 1. The summed E-state index contributed by atoms with van der Waals surface area (Å²) in [5.74, 6) is -0.310. The van der Waals surface area contributed by atoms with Crippen molar-refractivity contribution < 1.29 is 31.4 Å². The number of aromatic nitrogens is 1. The molecule has 1 aromatic heterocycles. The number of benzene rings is 2. The van der Waals surface area contributed by atoms with Gasteiger partial charge in [0, 0.05) is 17.1 Å². The van der Waals surface area contributed by atoms with E-state index >= 15 is 0 Å². The topological polar surface area (TPSA) is 48.4 Å². The second-order valence-corrected chi connectivity index (χ2v) is 5.42. The van der Waals surface area contributed by atoms with Crippen LogP contribution in [0.4, 0.5) is 32.0 Å². The van der Waals surface area contributed by atoms with E-state index in [1.165, 1.54) is 0 Å². The maximum absolute atomic E-state index is 13.1. The third-order valence-corrected chi connectivity index (χ3v) is 3.69. The number of nitrogens with zero attached hydrogens (tertiary/aromatic N) is 1. The van der Waals surface area contributed by atoms with E-state index in [1.54, 1.807) is 24.3 Å². The first-order valence-corrected chi connectivity index (χ1v) is 7.19. The standard InChI is InChI=1S/C17H10F6N2O/c18-16(19,20)9-5-6-14(12(7-9)17(21,22)23)24-8-11-10-3-1-2-4-13(10)25-15(11)26/h1-8,25-26H. The van der Waals surface area contributed by atoms with Gasteiger partial charge < -0.3 is 10.1 Å². The molecular formula is C17H10F6N2O. The van der Waals surface area contributed by atoms with E-state index in [9.17, 15) is 31.4 Å². The number of aromatic hydroxyl groups is 1. The van der Waals surface area contributed by atoms with Crippen molar-refractivity contribution in [1.29, 1.82) is 0 Å². The number of halogens is 6. The third kappa shape index (κ3) is 3.37. The number of fused-ring (bicyclic) bond motifs is 1. The van der Waals surface area contributed by atoms with Crippen LogP contribution in [0.3, 0.4) is 0 Å². The maximum atomic E-state index is 13.1. The molecule has 3 aromatic rings. The van der Waals surface area contributed by atoms with Crippen LogP contribution in [0.2, 0.25) is 0 Å². The Bertz CT molecular complexity index is 985. The molecule has 9 heteroatoms. The molecule has 0 spiro atoms. The molecule has 0 radical (unpaired) electrons. The van der Waals surface area contributed by atoms with Gasteiger partial charge in [-0.1, -0.05) is 18.2 Å². The van der Waals surface area contributed by atoms with Crippen LogP contribution in [0, 0.1) is 0 Å². The molecule has 0 aliphatic carbocycles. The SMILES string of the molecule is Oc1[nH]c2ccccc2c1C=Nc1ccc(C(F)(F)F)cc1C(F)(F)F. The molecule has 1 heterocycles. The molecule has 0 aliphatic rings. The van der Waals surface area contributed by atoms with Crippen molar-refractivity contribution in [3.8, 4) is 5.88 Å². The van der Waals surface area contributed by atoms with E-state index in [-0.39, 0.29) is 17.5 Å². The van der Waals surface area contributed by atoms with Crippen molar-refractivity contribution in [3.05, 3.63) is 59.2 Å². The predicted molar refractivity (Wildman–Crippen MR) is 83.7 cm³/mol. The maximum Gasteiger partial charge on any atom is 0.418 e. The number of H-pyrrole nitrogens is 1. The highest BCUT2D eigenvalue weighted by Gasteiger charge is 2.38. The Labute approximate surface area is 142 Å². The first-order valence-electron chi connectivity index (χ1n) is 7.19. The number of para-hydroxylation sites is 1. The van der Waals surface area contributed by atoms with Crippen molar-refractivity contribution in [2.75, 3.05) is 0 Å². The molecule has 0 fully saturated rings. The van der Waals surface area contributed by atoms with Crippen molar-refractivity contribution in [2.24, 2.45) is 4.99 Å². The molecule has 26 heavy (non-hydrogen) atoms. The lowest BCUT2D eigenvalue weighted by Crippen LogP contribution is -2.10. The summed E-state index contributed by atoms with van der Waals surface area (Å²) in [6.07, 6.45) is -8.94. The largest absolute Gasteiger partial charge is 0.494 e. The Kier molecular flexibility index (Phi) is 4.17. The smallest absolute Gasteiger partial charge is 0.418 e. The van der Waals surface area contributed by atoms with E-state index < -0.39 is 29.2 Å². The van der Waals surface area contributed by atoms with Gasteiger partial charge in [0.2, 0.25) is 0 Å². The Balaban J connectivity index is 2.09. The number of aliphatic imine (C=N–C) groups is 1. The predicted octanol–water partition coefficient (Wildman–Crippen LogP) is 5.66. The number of nitrogens with one attached hydrogen (secondary N) is 1. The Hall–Kier alpha value is -2.97. The average molecular weight is 372 g/mol. The van der Waals surface area contributed by atoms with Crippen molar-refractivity contribution in [3.63, 3.8) is 0 Å². The van der Waals surface area contributed by atoms with Gasteiger partial charge >= 0.3 is 12.4 Å². The molecule has 2 N–H and O–H groups in total. The van der Waals surface area contributed by atoms with Crippen LogP contribution in [0.15, 0.2) is 47.5 Å². The first kappa shape index (κ1) is 17.8. The minimum Gasteiger partial charge on any atom is -0.494 e. The molecule has 3 nitrogen and oxygen atoms in total. The van der Waals surface area contributed by atoms with E-state index in [4.69, 9.17) is 0 Å². The molecule has 0 atom stereocenters. The van der Waals surface area contributed by atoms with Gasteiger partial charge in [-0.15, -0.1) is 0 Å². The van der Waals surface area contributed by atoms with Gasteiger partial charge in [0.15, 0.2) is 5.88 Å². The van der Waals surface area contributed by atoms with Gasteiger partial charge in [-0.3, -0.25) is 4.99 Å². The summed E-state index contributed by atoms with van der Waals surface area (Å²) in [4.78, 5) is 6.29. The minimum absolute atomic E-state index is 0.0156. The lowest BCUT2D eigenvalue weighted by atomic mass is 10.1. The summed E-state index contributed by atoms with van der Waals surface area (Å²) in [6, 6.07) is 7.80. The molecule has 0 saturated heterocycles.